The van der Waals surface area contributed by atoms with Crippen molar-refractivity contribution >= 4 is 5.91 Å². The Kier molecular flexibility index (Phi) is 31.9. The van der Waals surface area contributed by atoms with Crippen LogP contribution in [0.5, 0.6) is 0 Å². The summed E-state index contributed by atoms with van der Waals surface area (Å²) in [6.45, 7) is 3.56. The first-order chi connectivity index (χ1) is 26.3. The molecule has 1 rings (SSSR count). The first kappa shape index (κ1) is 49.4. The van der Waals surface area contributed by atoms with Gasteiger partial charge in [-0.25, -0.2) is 0 Å². The summed E-state index contributed by atoms with van der Waals surface area (Å²) in [5.74, 6) is -0.221. The number of aliphatic hydroxyl groups is 5. The van der Waals surface area contributed by atoms with E-state index >= 15 is 0 Å². The van der Waals surface area contributed by atoms with Crippen molar-refractivity contribution in [1.29, 1.82) is 0 Å². The normalized spacial score (nSPS) is 22.4. The Balaban J connectivity index is 2.48. The maximum atomic E-state index is 12.9. The van der Waals surface area contributed by atoms with Crippen LogP contribution < -0.4 is 5.32 Å². The summed E-state index contributed by atoms with van der Waals surface area (Å²) in [4.78, 5) is 12.9. The molecular weight excluding hydrogens is 682 g/mol. The van der Waals surface area contributed by atoms with Crippen LogP contribution in [0.15, 0.2) is 85.1 Å². The summed E-state index contributed by atoms with van der Waals surface area (Å²) in [5.41, 5.74) is 0. The fraction of sp³-hybridized carbons (Fsp3) is 0.667. The standard InChI is InChI=1S/C45H75NO8/c1-3-5-7-9-11-13-15-17-19-20-21-23-25-27-29-31-33-35-41(49)46-38(37-53-45-44(52)43(51)42(50)40(36-47)54-45)39(48)34-32-30-28-26-24-22-18-16-14-12-10-8-6-4-2/h5,7,11,13-14,16-17,19,21,23-24,26,32,34,38-40,42-45,47-48,50-52H,3-4,6,8-10,12,15,18,20,22,25,27-31,33,35-37H2,1-2H3,(H,46,49)/b7-5-,13-11-,16-14+,19-17-,23-21-,26-24+,34-32+. The molecule has 1 heterocycles. The minimum atomic E-state index is -1.58. The van der Waals surface area contributed by atoms with E-state index < -0.39 is 49.5 Å². The van der Waals surface area contributed by atoms with Crippen molar-refractivity contribution in [3.8, 4) is 0 Å². The third kappa shape index (κ3) is 25.4. The maximum Gasteiger partial charge on any atom is 0.220 e. The molecule has 1 saturated heterocycles. The number of aliphatic hydroxyl groups excluding tert-OH is 5. The third-order valence-electron chi connectivity index (χ3n) is 9.18. The van der Waals surface area contributed by atoms with Gasteiger partial charge in [-0.1, -0.05) is 131 Å². The molecular formula is C45H75NO8. The molecule has 9 heteroatoms. The second-order valence-corrected chi connectivity index (χ2v) is 14.0. The van der Waals surface area contributed by atoms with Crippen LogP contribution in [-0.4, -0.2) is 87.5 Å². The Labute approximate surface area is 327 Å². The van der Waals surface area contributed by atoms with Gasteiger partial charge in [-0.2, -0.15) is 0 Å². The summed E-state index contributed by atoms with van der Waals surface area (Å²) in [6.07, 6.45) is 40.5. The van der Waals surface area contributed by atoms with E-state index in [2.05, 4.69) is 92.1 Å². The van der Waals surface area contributed by atoms with E-state index in [1.54, 1.807) is 6.08 Å². The fourth-order valence-corrected chi connectivity index (χ4v) is 5.82. The first-order valence-corrected chi connectivity index (χ1v) is 20.8. The van der Waals surface area contributed by atoms with Crippen LogP contribution in [0.3, 0.4) is 0 Å². The number of carbonyl (C=O) groups excluding carboxylic acids is 1. The van der Waals surface area contributed by atoms with Gasteiger partial charge in [0.1, 0.15) is 24.4 Å². The highest BCUT2D eigenvalue weighted by molar-refractivity contribution is 5.76. The lowest BCUT2D eigenvalue weighted by Crippen LogP contribution is -2.60. The number of allylic oxidation sites excluding steroid dienone is 13. The van der Waals surface area contributed by atoms with Gasteiger partial charge >= 0.3 is 0 Å². The molecule has 0 radical (unpaired) electrons. The van der Waals surface area contributed by atoms with Crippen molar-refractivity contribution in [3.63, 3.8) is 0 Å². The van der Waals surface area contributed by atoms with Crippen LogP contribution in [0.4, 0.5) is 0 Å². The quantitative estimate of drug-likeness (QED) is 0.0299. The zero-order chi connectivity index (χ0) is 39.5. The van der Waals surface area contributed by atoms with Crippen LogP contribution in [0.2, 0.25) is 0 Å². The van der Waals surface area contributed by atoms with Gasteiger partial charge in [-0.15, -0.1) is 0 Å². The molecule has 6 N–H and O–H groups in total. The van der Waals surface area contributed by atoms with Gasteiger partial charge in [0.15, 0.2) is 6.29 Å². The lowest BCUT2D eigenvalue weighted by atomic mass is 9.99. The van der Waals surface area contributed by atoms with E-state index in [9.17, 15) is 30.3 Å². The van der Waals surface area contributed by atoms with Crippen molar-refractivity contribution in [1.82, 2.24) is 5.32 Å². The Morgan fingerprint density at radius 1 is 0.648 bits per heavy atom. The molecule has 0 aromatic carbocycles. The summed E-state index contributed by atoms with van der Waals surface area (Å²) in [5, 5.41) is 54.0. The second kappa shape index (κ2) is 34.8. The number of hydrogen-bond acceptors (Lipinski definition) is 8. The lowest BCUT2D eigenvalue weighted by molar-refractivity contribution is -0.302. The number of unbranched alkanes of at least 4 members (excludes halogenated alkanes) is 10. The highest BCUT2D eigenvalue weighted by Gasteiger charge is 2.44. The third-order valence-corrected chi connectivity index (χ3v) is 9.18. The van der Waals surface area contributed by atoms with E-state index in [0.29, 0.717) is 12.8 Å². The average molecular weight is 758 g/mol. The minimum Gasteiger partial charge on any atom is -0.394 e. The van der Waals surface area contributed by atoms with Gasteiger partial charge in [0.05, 0.1) is 25.4 Å². The predicted molar refractivity (Wildman–Crippen MR) is 221 cm³/mol. The number of carbonyl (C=O) groups is 1. The zero-order valence-electron chi connectivity index (χ0n) is 33.4. The first-order valence-electron chi connectivity index (χ1n) is 20.8. The Bertz CT molecular complexity index is 1110. The van der Waals surface area contributed by atoms with Crippen LogP contribution in [0.25, 0.3) is 0 Å². The topological polar surface area (TPSA) is 149 Å². The highest BCUT2D eigenvalue weighted by Crippen LogP contribution is 2.22. The molecule has 0 aromatic rings. The van der Waals surface area contributed by atoms with E-state index in [1.165, 1.54) is 25.7 Å². The van der Waals surface area contributed by atoms with E-state index in [-0.39, 0.29) is 12.5 Å². The summed E-state index contributed by atoms with van der Waals surface area (Å²) >= 11 is 0. The zero-order valence-corrected chi connectivity index (χ0v) is 33.4. The van der Waals surface area contributed by atoms with Crippen molar-refractivity contribution in [2.24, 2.45) is 0 Å². The maximum absolute atomic E-state index is 12.9. The molecule has 308 valence electrons. The van der Waals surface area contributed by atoms with Gasteiger partial charge in [-0.05, 0) is 83.5 Å². The van der Waals surface area contributed by atoms with E-state index in [0.717, 1.165) is 83.5 Å². The number of rotatable bonds is 32. The highest BCUT2D eigenvalue weighted by atomic mass is 16.7. The van der Waals surface area contributed by atoms with Gasteiger partial charge in [-0.3, -0.25) is 4.79 Å². The largest absolute Gasteiger partial charge is 0.394 e. The fourth-order valence-electron chi connectivity index (χ4n) is 5.82. The molecule has 1 fully saturated rings. The van der Waals surface area contributed by atoms with Crippen molar-refractivity contribution < 1.29 is 39.8 Å². The van der Waals surface area contributed by atoms with Crippen LogP contribution in [-0.2, 0) is 14.3 Å². The number of amides is 1. The molecule has 0 aromatic heterocycles. The summed E-state index contributed by atoms with van der Waals surface area (Å²) in [7, 11) is 0. The van der Waals surface area contributed by atoms with Gasteiger partial charge in [0.2, 0.25) is 5.91 Å². The van der Waals surface area contributed by atoms with Gasteiger partial charge in [0.25, 0.3) is 0 Å². The van der Waals surface area contributed by atoms with Gasteiger partial charge < -0.3 is 40.3 Å². The Morgan fingerprint density at radius 2 is 1.17 bits per heavy atom. The molecule has 0 aliphatic carbocycles. The lowest BCUT2D eigenvalue weighted by Gasteiger charge is -2.40. The van der Waals surface area contributed by atoms with E-state index in [1.807, 2.05) is 6.08 Å². The van der Waals surface area contributed by atoms with E-state index in [4.69, 9.17) is 9.47 Å². The number of hydrogen-bond donors (Lipinski definition) is 6. The SMILES string of the molecule is CC/C=C\C/C=C\C/C=C\C/C=C\CCCCCCC(=O)NC(COC1OC(CO)C(O)C(O)C1O)C(O)/C=C/CC/C=C/CC/C=C/CCCCCC. The van der Waals surface area contributed by atoms with Gasteiger partial charge in [0, 0.05) is 6.42 Å². The molecule has 7 unspecified atom stereocenters. The monoisotopic (exact) mass is 758 g/mol. The Hall–Kier alpha value is -2.63. The minimum absolute atomic E-state index is 0.221. The summed E-state index contributed by atoms with van der Waals surface area (Å²) < 4.78 is 11.1. The average Bonchev–Trinajstić information content (AvgIpc) is 3.17. The summed E-state index contributed by atoms with van der Waals surface area (Å²) in [6, 6.07) is -0.844. The number of nitrogens with one attached hydrogen (secondary N) is 1. The van der Waals surface area contributed by atoms with Crippen LogP contribution in [0, 0.1) is 0 Å². The molecule has 1 aliphatic rings. The molecule has 0 saturated carbocycles. The second-order valence-electron chi connectivity index (χ2n) is 14.0. The molecule has 0 bridgehead atoms. The Morgan fingerprint density at radius 3 is 1.76 bits per heavy atom. The molecule has 9 nitrogen and oxygen atoms in total. The van der Waals surface area contributed by atoms with Crippen molar-refractivity contribution in [2.45, 2.75) is 179 Å². The van der Waals surface area contributed by atoms with Crippen molar-refractivity contribution in [2.75, 3.05) is 13.2 Å². The van der Waals surface area contributed by atoms with Crippen LogP contribution in [0.1, 0.15) is 136 Å². The van der Waals surface area contributed by atoms with Crippen molar-refractivity contribution in [3.05, 3.63) is 85.1 Å². The molecule has 54 heavy (non-hydrogen) atoms. The smallest absolute Gasteiger partial charge is 0.220 e. The van der Waals surface area contributed by atoms with Crippen LogP contribution >= 0.6 is 0 Å². The molecule has 0 spiro atoms. The predicted octanol–water partition coefficient (Wildman–Crippen LogP) is 7.99. The molecule has 1 aliphatic heterocycles. The number of ether oxygens (including phenoxy) is 2. The molecule has 1 amide bonds. The molecule has 7 atom stereocenters.